The predicted octanol–water partition coefficient (Wildman–Crippen LogP) is 3.31. The molecule has 0 aliphatic rings. The SMILES string of the molecule is O=C(NCc1ccco1)c1ccnc(NCCc2cccc(Cl)c2)n1. The number of rotatable bonds is 7. The van der Waals surface area contributed by atoms with Crippen molar-refractivity contribution in [3.8, 4) is 0 Å². The van der Waals surface area contributed by atoms with Gasteiger partial charge in [0.1, 0.15) is 11.5 Å². The number of amides is 1. The highest BCUT2D eigenvalue weighted by Gasteiger charge is 2.09. The minimum Gasteiger partial charge on any atom is -0.467 e. The van der Waals surface area contributed by atoms with Gasteiger partial charge in [0.2, 0.25) is 5.95 Å². The fraction of sp³-hybridized carbons (Fsp3) is 0.167. The van der Waals surface area contributed by atoms with E-state index in [9.17, 15) is 4.79 Å². The van der Waals surface area contributed by atoms with E-state index >= 15 is 0 Å². The molecule has 0 fully saturated rings. The van der Waals surface area contributed by atoms with Crippen LogP contribution in [0.25, 0.3) is 0 Å². The molecule has 0 aliphatic heterocycles. The fourth-order valence-electron chi connectivity index (χ4n) is 2.25. The molecule has 0 aliphatic carbocycles. The molecule has 2 aromatic heterocycles. The van der Waals surface area contributed by atoms with Gasteiger partial charge in [-0.2, -0.15) is 0 Å². The van der Waals surface area contributed by atoms with Gasteiger partial charge in [0.15, 0.2) is 0 Å². The Morgan fingerprint density at radius 3 is 2.92 bits per heavy atom. The summed E-state index contributed by atoms with van der Waals surface area (Å²) >= 11 is 5.97. The van der Waals surface area contributed by atoms with Gasteiger partial charge in [-0.25, -0.2) is 9.97 Å². The number of halogens is 1. The first kappa shape index (κ1) is 17.0. The molecule has 3 aromatic rings. The van der Waals surface area contributed by atoms with Gasteiger partial charge in [0.05, 0.1) is 12.8 Å². The van der Waals surface area contributed by atoms with Crippen LogP contribution in [-0.2, 0) is 13.0 Å². The molecule has 25 heavy (non-hydrogen) atoms. The van der Waals surface area contributed by atoms with Crippen LogP contribution in [0.1, 0.15) is 21.8 Å². The lowest BCUT2D eigenvalue weighted by Crippen LogP contribution is -2.24. The quantitative estimate of drug-likeness (QED) is 0.679. The number of anilines is 1. The predicted molar refractivity (Wildman–Crippen MR) is 95.6 cm³/mol. The summed E-state index contributed by atoms with van der Waals surface area (Å²) in [6, 6.07) is 12.8. The van der Waals surface area contributed by atoms with Crippen molar-refractivity contribution in [3.63, 3.8) is 0 Å². The molecule has 2 heterocycles. The van der Waals surface area contributed by atoms with Crippen molar-refractivity contribution in [2.75, 3.05) is 11.9 Å². The van der Waals surface area contributed by atoms with E-state index in [2.05, 4.69) is 20.6 Å². The number of aromatic nitrogens is 2. The second kappa shape index (κ2) is 8.30. The Kier molecular flexibility index (Phi) is 5.64. The molecule has 0 atom stereocenters. The van der Waals surface area contributed by atoms with Gasteiger partial charge >= 0.3 is 0 Å². The van der Waals surface area contributed by atoms with Gasteiger partial charge in [0.25, 0.3) is 5.91 Å². The molecular weight excluding hydrogens is 340 g/mol. The highest BCUT2D eigenvalue weighted by molar-refractivity contribution is 6.30. The lowest BCUT2D eigenvalue weighted by atomic mass is 10.1. The van der Waals surface area contributed by atoms with Gasteiger partial charge in [-0.15, -0.1) is 0 Å². The van der Waals surface area contributed by atoms with Crippen LogP contribution in [0, 0.1) is 0 Å². The largest absolute Gasteiger partial charge is 0.467 e. The number of nitrogens with one attached hydrogen (secondary N) is 2. The van der Waals surface area contributed by atoms with E-state index in [1.807, 2.05) is 24.3 Å². The maximum atomic E-state index is 12.1. The van der Waals surface area contributed by atoms with Crippen molar-refractivity contribution in [3.05, 3.63) is 77.0 Å². The first-order chi connectivity index (χ1) is 12.2. The van der Waals surface area contributed by atoms with Crippen molar-refractivity contribution >= 4 is 23.5 Å². The summed E-state index contributed by atoms with van der Waals surface area (Å²) in [5, 5.41) is 6.58. The zero-order valence-electron chi connectivity index (χ0n) is 13.4. The number of nitrogens with zero attached hydrogens (tertiary/aromatic N) is 2. The molecule has 1 aromatic carbocycles. The molecule has 1 amide bonds. The highest BCUT2D eigenvalue weighted by atomic mass is 35.5. The Morgan fingerprint density at radius 1 is 1.20 bits per heavy atom. The Balaban J connectivity index is 1.52. The Labute approximate surface area is 150 Å². The third kappa shape index (κ3) is 5.06. The van der Waals surface area contributed by atoms with E-state index in [4.69, 9.17) is 16.0 Å². The van der Waals surface area contributed by atoms with Crippen LogP contribution >= 0.6 is 11.6 Å². The summed E-state index contributed by atoms with van der Waals surface area (Å²) in [4.78, 5) is 20.5. The number of furan rings is 1. The zero-order valence-corrected chi connectivity index (χ0v) is 14.2. The van der Waals surface area contributed by atoms with Crippen LogP contribution in [-0.4, -0.2) is 22.4 Å². The van der Waals surface area contributed by atoms with E-state index in [1.165, 1.54) is 0 Å². The molecule has 2 N–H and O–H groups in total. The smallest absolute Gasteiger partial charge is 0.270 e. The topological polar surface area (TPSA) is 80.0 Å². The van der Waals surface area contributed by atoms with Crippen molar-refractivity contribution < 1.29 is 9.21 Å². The standard InChI is InChI=1S/C18H17ClN4O2/c19-14-4-1-3-13(11-14)6-8-20-18-21-9-7-16(23-18)17(24)22-12-15-5-2-10-25-15/h1-5,7,9-11H,6,8,12H2,(H,22,24)(H,20,21,23). The summed E-state index contributed by atoms with van der Waals surface area (Å²) in [6.07, 6.45) is 3.89. The van der Waals surface area contributed by atoms with E-state index in [1.54, 1.807) is 30.7 Å². The maximum Gasteiger partial charge on any atom is 0.270 e. The van der Waals surface area contributed by atoms with Crippen LogP contribution in [0.3, 0.4) is 0 Å². The van der Waals surface area contributed by atoms with Crippen LogP contribution in [0.2, 0.25) is 5.02 Å². The zero-order chi connectivity index (χ0) is 17.5. The molecule has 0 bridgehead atoms. The lowest BCUT2D eigenvalue weighted by Gasteiger charge is -2.07. The summed E-state index contributed by atoms with van der Waals surface area (Å²) < 4.78 is 5.18. The molecule has 0 unspecified atom stereocenters. The van der Waals surface area contributed by atoms with Gasteiger partial charge < -0.3 is 15.1 Å². The first-order valence-corrected chi connectivity index (χ1v) is 8.20. The van der Waals surface area contributed by atoms with Gasteiger partial charge in [-0.3, -0.25) is 4.79 Å². The monoisotopic (exact) mass is 356 g/mol. The minimum absolute atomic E-state index is 0.281. The molecule has 0 saturated heterocycles. The summed E-state index contributed by atoms with van der Waals surface area (Å²) in [5.74, 6) is 0.812. The second-order valence-electron chi connectivity index (χ2n) is 5.33. The highest BCUT2D eigenvalue weighted by Crippen LogP contribution is 2.11. The average molecular weight is 357 g/mol. The number of hydrogen-bond donors (Lipinski definition) is 2. The molecule has 128 valence electrons. The van der Waals surface area contributed by atoms with Gasteiger partial charge in [-0.05, 0) is 42.3 Å². The Morgan fingerprint density at radius 2 is 2.12 bits per heavy atom. The summed E-state index contributed by atoms with van der Waals surface area (Å²) in [6.45, 7) is 0.950. The maximum absolute atomic E-state index is 12.1. The van der Waals surface area contributed by atoms with Gasteiger partial charge in [-0.1, -0.05) is 23.7 Å². The number of hydrogen-bond acceptors (Lipinski definition) is 5. The van der Waals surface area contributed by atoms with Gasteiger partial charge in [0, 0.05) is 17.8 Å². The molecule has 6 nitrogen and oxygen atoms in total. The van der Waals surface area contributed by atoms with Crippen LogP contribution in [0.5, 0.6) is 0 Å². The molecule has 0 radical (unpaired) electrons. The van der Waals surface area contributed by atoms with Crippen molar-refractivity contribution in [1.82, 2.24) is 15.3 Å². The van der Waals surface area contributed by atoms with E-state index in [0.29, 0.717) is 35.5 Å². The molecule has 7 heteroatoms. The van der Waals surface area contributed by atoms with Crippen molar-refractivity contribution in [2.24, 2.45) is 0 Å². The summed E-state index contributed by atoms with van der Waals surface area (Å²) in [5.41, 5.74) is 1.42. The van der Waals surface area contributed by atoms with Crippen LogP contribution in [0.15, 0.2) is 59.3 Å². The van der Waals surface area contributed by atoms with Crippen LogP contribution < -0.4 is 10.6 Å². The van der Waals surface area contributed by atoms with Crippen molar-refractivity contribution in [2.45, 2.75) is 13.0 Å². The Hall–Kier alpha value is -2.86. The van der Waals surface area contributed by atoms with E-state index < -0.39 is 0 Å². The van der Waals surface area contributed by atoms with E-state index in [0.717, 1.165) is 12.0 Å². The normalized spacial score (nSPS) is 10.4. The number of benzene rings is 1. The first-order valence-electron chi connectivity index (χ1n) is 7.82. The lowest BCUT2D eigenvalue weighted by molar-refractivity contribution is 0.0943. The van der Waals surface area contributed by atoms with Crippen LogP contribution in [0.4, 0.5) is 5.95 Å². The molecule has 0 saturated carbocycles. The molecular formula is C18H17ClN4O2. The third-order valence-corrected chi connectivity index (χ3v) is 3.71. The Bertz CT molecular complexity index is 837. The fourth-order valence-corrected chi connectivity index (χ4v) is 2.47. The second-order valence-corrected chi connectivity index (χ2v) is 5.77. The minimum atomic E-state index is -0.281. The molecule has 3 rings (SSSR count). The molecule has 0 spiro atoms. The summed E-state index contributed by atoms with van der Waals surface area (Å²) in [7, 11) is 0. The van der Waals surface area contributed by atoms with Crippen molar-refractivity contribution in [1.29, 1.82) is 0 Å². The third-order valence-electron chi connectivity index (χ3n) is 3.48. The van der Waals surface area contributed by atoms with E-state index in [-0.39, 0.29) is 5.91 Å². The number of carbonyl (C=O) groups is 1. The number of carbonyl (C=O) groups excluding carboxylic acids is 1. The average Bonchev–Trinajstić information content (AvgIpc) is 3.14.